The third-order valence-electron chi connectivity index (χ3n) is 4.74. The fraction of sp³-hybridized carbons (Fsp3) is 0.500. The number of amides is 1. The van der Waals surface area contributed by atoms with E-state index in [0.717, 1.165) is 23.9 Å². The maximum absolute atomic E-state index is 12.7. The molecule has 0 unspecified atom stereocenters. The SMILES string of the molecule is CC(C)[C@@H]1c2[nH]c3ccccc3c2CCN1C(=O)CCNS(C)(=O)=O. The number of sulfonamides is 1. The first-order chi connectivity index (χ1) is 11.8. The van der Waals surface area contributed by atoms with Crippen LogP contribution in [0.4, 0.5) is 0 Å². The third kappa shape index (κ3) is 3.72. The molecule has 6 nitrogen and oxygen atoms in total. The molecule has 1 aliphatic rings. The topological polar surface area (TPSA) is 82.3 Å². The van der Waals surface area contributed by atoms with Gasteiger partial charge in [-0.05, 0) is 24.0 Å². The molecule has 25 heavy (non-hydrogen) atoms. The van der Waals surface area contributed by atoms with E-state index in [-0.39, 0.29) is 30.8 Å². The predicted molar refractivity (Wildman–Crippen MR) is 98.8 cm³/mol. The van der Waals surface area contributed by atoms with E-state index in [1.807, 2.05) is 17.0 Å². The maximum Gasteiger partial charge on any atom is 0.224 e. The van der Waals surface area contributed by atoms with Crippen LogP contribution in [0, 0.1) is 5.92 Å². The minimum absolute atomic E-state index is 0.0121. The Kier molecular flexibility index (Phi) is 4.88. The Morgan fingerprint density at radius 2 is 2.08 bits per heavy atom. The number of nitrogens with zero attached hydrogens (tertiary/aromatic N) is 1. The van der Waals surface area contributed by atoms with Crippen LogP contribution in [0.3, 0.4) is 0 Å². The zero-order valence-electron chi connectivity index (χ0n) is 14.9. The van der Waals surface area contributed by atoms with Gasteiger partial charge in [-0.2, -0.15) is 0 Å². The van der Waals surface area contributed by atoms with Gasteiger partial charge in [-0.1, -0.05) is 32.0 Å². The van der Waals surface area contributed by atoms with Crippen molar-refractivity contribution in [3.8, 4) is 0 Å². The molecular weight excluding hydrogens is 338 g/mol. The number of carbonyl (C=O) groups is 1. The number of hydrogen-bond donors (Lipinski definition) is 2. The van der Waals surface area contributed by atoms with Crippen LogP contribution < -0.4 is 4.72 Å². The van der Waals surface area contributed by atoms with Crippen LogP contribution in [0.2, 0.25) is 0 Å². The molecule has 7 heteroatoms. The Bertz CT molecular complexity index is 886. The van der Waals surface area contributed by atoms with Crippen LogP contribution in [0.15, 0.2) is 24.3 Å². The van der Waals surface area contributed by atoms with E-state index < -0.39 is 10.0 Å². The van der Waals surface area contributed by atoms with Crippen LogP contribution in [-0.2, 0) is 21.2 Å². The average Bonchev–Trinajstić information content (AvgIpc) is 2.90. The van der Waals surface area contributed by atoms with Gasteiger partial charge in [-0.3, -0.25) is 4.79 Å². The molecule has 1 aliphatic heterocycles. The number of carbonyl (C=O) groups excluding carboxylic acids is 1. The summed E-state index contributed by atoms with van der Waals surface area (Å²) < 4.78 is 24.8. The lowest BCUT2D eigenvalue weighted by Gasteiger charge is -2.38. The molecule has 1 atom stereocenters. The van der Waals surface area contributed by atoms with Crippen molar-refractivity contribution in [2.24, 2.45) is 5.92 Å². The molecule has 2 N–H and O–H groups in total. The molecule has 0 bridgehead atoms. The quantitative estimate of drug-likeness (QED) is 0.854. The van der Waals surface area contributed by atoms with E-state index in [2.05, 4.69) is 35.7 Å². The first-order valence-corrected chi connectivity index (χ1v) is 10.5. The molecule has 1 aromatic carbocycles. The predicted octanol–water partition coefficient (Wildman–Crippen LogP) is 2.19. The summed E-state index contributed by atoms with van der Waals surface area (Å²) in [4.78, 5) is 18.1. The van der Waals surface area contributed by atoms with Crippen molar-refractivity contribution in [2.45, 2.75) is 32.7 Å². The lowest BCUT2D eigenvalue weighted by atomic mass is 9.90. The fourth-order valence-corrected chi connectivity index (χ4v) is 4.20. The number of para-hydroxylation sites is 1. The molecule has 0 spiro atoms. The molecule has 0 radical (unpaired) electrons. The average molecular weight is 363 g/mol. The highest BCUT2D eigenvalue weighted by Crippen LogP contribution is 2.38. The highest BCUT2D eigenvalue weighted by molar-refractivity contribution is 7.88. The molecule has 0 aliphatic carbocycles. The van der Waals surface area contributed by atoms with Crippen LogP contribution in [0.25, 0.3) is 10.9 Å². The van der Waals surface area contributed by atoms with Crippen molar-refractivity contribution in [1.29, 1.82) is 0 Å². The molecule has 136 valence electrons. The molecular formula is C18H25N3O3S. The molecule has 3 rings (SSSR count). The second-order valence-corrected chi connectivity index (χ2v) is 8.84. The van der Waals surface area contributed by atoms with Crippen molar-refractivity contribution in [1.82, 2.24) is 14.6 Å². The van der Waals surface area contributed by atoms with E-state index in [9.17, 15) is 13.2 Å². The standard InChI is InChI=1S/C18H25N3O3S/c1-12(2)18-17-14(13-6-4-5-7-15(13)20-17)9-11-21(18)16(22)8-10-19-25(3,23)24/h4-7,12,18-20H,8-11H2,1-3H3/t18-/m1/s1. The minimum Gasteiger partial charge on any atom is -0.356 e. The number of aromatic nitrogens is 1. The fourth-order valence-electron chi connectivity index (χ4n) is 3.73. The number of H-pyrrole nitrogens is 1. The van der Waals surface area contributed by atoms with E-state index in [1.165, 1.54) is 10.9 Å². The van der Waals surface area contributed by atoms with Gasteiger partial charge < -0.3 is 9.88 Å². The summed E-state index contributed by atoms with van der Waals surface area (Å²) in [5.74, 6) is 0.248. The smallest absolute Gasteiger partial charge is 0.224 e. The largest absolute Gasteiger partial charge is 0.356 e. The third-order valence-corrected chi connectivity index (χ3v) is 5.46. The molecule has 0 saturated heterocycles. The van der Waals surface area contributed by atoms with Gasteiger partial charge in [0.2, 0.25) is 15.9 Å². The maximum atomic E-state index is 12.7. The van der Waals surface area contributed by atoms with Crippen molar-refractivity contribution >= 4 is 26.8 Å². The monoisotopic (exact) mass is 363 g/mol. The van der Waals surface area contributed by atoms with E-state index in [0.29, 0.717) is 6.54 Å². The Labute approximate surface area is 148 Å². The first-order valence-electron chi connectivity index (χ1n) is 8.61. The summed E-state index contributed by atoms with van der Waals surface area (Å²) in [5.41, 5.74) is 3.52. The molecule has 2 heterocycles. The minimum atomic E-state index is -3.27. The van der Waals surface area contributed by atoms with E-state index in [4.69, 9.17) is 0 Å². The number of aromatic amines is 1. The van der Waals surface area contributed by atoms with Crippen molar-refractivity contribution in [3.05, 3.63) is 35.5 Å². The second kappa shape index (κ2) is 6.80. The summed E-state index contributed by atoms with van der Waals surface area (Å²) in [6.45, 7) is 5.02. The second-order valence-electron chi connectivity index (χ2n) is 7.01. The zero-order chi connectivity index (χ0) is 18.2. The lowest BCUT2D eigenvalue weighted by molar-refractivity contribution is -0.135. The van der Waals surface area contributed by atoms with Crippen molar-refractivity contribution in [2.75, 3.05) is 19.3 Å². The Balaban J connectivity index is 1.85. The summed E-state index contributed by atoms with van der Waals surface area (Å²) in [5, 5.41) is 1.23. The summed E-state index contributed by atoms with van der Waals surface area (Å²) >= 11 is 0. The van der Waals surface area contributed by atoms with Gasteiger partial charge in [-0.15, -0.1) is 0 Å². The number of benzene rings is 1. The van der Waals surface area contributed by atoms with Crippen LogP contribution in [-0.4, -0.2) is 43.6 Å². The lowest BCUT2D eigenvalue weighted by Crippen LogP contribution is -2.43. The van der Waals surface area contributed by atoms with Crippen molar-refractivity contribution < 1.29 is 13.2 Å². The summed E-state index contributed by atoms with van der Waals surface area (Å²) in [6, 6.07) is 8.22. The molecule has 2 aromatic rings. The Hall–Kier alpha value is -1.86. The van der Waals surface area contributed by atoms with Gasteiger partial charge >= 0.3 is 0 Å². The van der Waals surface area contributed by atoms with Gasteiger partial charge in [0.15, 0.2) is 0 Å². The zero-order valence-corrected chi connectivity index (χ0v) is 15.7. The highest BCUT2D eigenvalue weighted by atomic mass is 32.2. The Morgan fingerprint density at radius 1 is 1.36 bits per heavy atom. The van der Waals surface area contributed by atoms with Crippen LogP contribution in [0.5, 0.6) is 0 Å². The molecule has 0 saturated carbocycles. The van der Waals surface area contributed by atoms with Gasteiger partial charge in [0.25, 0.3) is 0 Å². The number of nitrogens with one attached hydrogen (secondary N) is 2. The van der Waals surface area contributed by atoms with Gasteiger partial charge in [0, 0.05) is 36.1 Å². The number of rotatable bonds is 5. The van der Waals surface area contributed by atoms with Crippen LogP contribution >= 0.6 is 0 Å². The van der Waals surface area contributed by atoms with Gasteiger partial charge in [0.05, 0.1) is 12.3 Å². The number of fused-ring (bicyclic) bond motifs is 3. The first kappa shape index (κ1) is 17.9. The van der Waals surface area contributed by atoms with E-state index in [1.54, 1.807) is 0 Å². The van der Waals surface area contributed by atoms with Crippen molar-refractivity contribution in [3.63, 3.8) is 0 Å². The Morgan fingerprint density at radius 3 is 2.76 bits per heavy atom. The molecule has 1 aromatic heterocycles. The molecule has 0 fully saturated rings. The van der Waals surface area contributed by atoms with Gasteiger partial charge in [0.1, 0.15) is 0 Å². The van der Waals surface area contributed by atoms with Gasteiger partial charge in [-0.25, -0.2) is 13.1 Å². The normalized spacial score (nSPS) is 17.9. The molecule has 1 amide bonds. The highest BCUT2D eigenvalue weighted by Gasteiger charge is 2.34. The summed E-state index contributed by atoms with van der Waals surface area (Å²) in [7, 11) is -3.27. The summed E-state index contributed by atoms with van der Waals surface area (Å²) in [6.07, 6.45) is 2.09. The number of hydrogen-bond acceptors (Lipinski definition) is 3. The van der Waals surface area contributed by atoms with E-state index >= 15 is 0 Å². The van der Waals surface area contributed by atoms with Crippen LogP contribution in [0.1, 0.15) is 37.6 Å².